The number of amides is 1. The maximum absolute atomic E-state index is 11.9. The number of nitrogens with zero attached hydrogens (tertiary/aromatic N) is 1. The largest absolute Gasteiger partial charge is 0.324 e. The fraction of sp³-hybridized carbons (Fsp3) is 0.231. The summed E-state index contributed by atoms with van der Waals surface area (Å²) in [6.07, 6.45) is 1.76. The van der Waals surface area contributed by atoms with Crippen molar-refractivity contribution in [3.63, 3.8) is 0 Å². The molecule has 0 aliphatic carbocycles. The summed E-state index contributed by atoms with van der Waals surface area (Å²) in [5.74, 6) is -0.0570. The van der Waals surface area contributed by atoms with Crippen molar-refractivity contribution in [1.29, 1.82) is 0 Å². The van der Waals surface area contributed by atoms with E-state index < -0.39 is 0 Å². The van der Waals surface area contributed by atoms with Gasteiger partial charge in [0.2, 0.25) is 5.91 Å². The normalized spacial score (nSPS) is 17.4. The minimum Gasteiger partial charge on any atom is -0.324 e. The van der Waals surface area contributed by atoms with Gasteiger partial charge in [0, 0.05) is 34.1 Å². The number of carbonyl (C=O) groups is 1. The first-order chi connectivity index (χ1) is 9.15. The second-order valence-electron chi connectivity index (χ2n) is 4.55. The zero-order chi connectivity index (χ0) is 13.4. The molecule has 19 heavy (non-hydrogen) atoms. The predicted molar refractivity (Wildman–Crippen MR) is 73.0 cm³/mol. The van der Waals surface area contributed by atoms with Gasteiger partial charge in [0.25, 0.3) is 0 Å². The molecular formula is C13H13ClN4O. The third-order valence-electron chi connectivity index (χ3n) is 3.28. The van der Waals surface area contributed by atoms with Gasteiger partial charge in [0.15, 0.2) is 0 Å². The zero-order valence-corrected chi connectivity index (χ0v) is 11.1. The first-order valence-electron chi connectivity index (χ1n) is 5.97. The van der Waals surface area contributed by atoms with Crippen LogP contribution in [0.1, 0.15) is 22.9 Å². The number of aromatic amines is 1. The number of anilines is 1. The Morgan fingerprint density at radius 3 is 3.05 bits per heavy atom. The first-order valence-corrected chi connectivity index (χ1v) is 6.35. The number of nitrogens with one attached hydrogen (secondary N) is 3. The van der Waals surface area contributed by atoms with Gasteiger partial charge in [-0.25, -0.2) is 0 Å². The smallest absolute Gasteiger partial charge is 0.246 e. The number of halogens is 1. The monoisotopic (exact) mass is 276 g/mol. The molecule has 1 amide bonds. The van der Waals surface area contributed by atoms with Crippen molar-refractivity contribution in [3.8, 4) is 0 Å². The molecule has 1 atom stereocenters. The molecule has 98 valence electrons. The van der Waals surface area contributed by atoms with Gasteiger partial charge in [-0.1, -0.05) is 11.6 Å². The molecule has 1 aromatic heterocycles. The molecule has 6 heteroatoms. The van der Waals surface area contributed by atoms with Crippen LogP contribution in [0.2, 0.25) is 5.02 Å². The van der Waals surface area contributed by atoms with Crippen LogP contribution in [0.25, 0.3) is 0 Å². The van der Waals surface area contributed by atoms with Crippen molar-refractivity contribution in [2.24, 2.45) is 0 Å². The van der Waals surface area contributed by atoms with Crippen molar-refractivity contribution in [2.75, 3.05) is 5.32 Å². The van der Waals surface area contributed by atoms with E-state index in [2.05, 4.69) is 20.8 Å². The molecule has 0 spiro atoms. The molecule has 0 saturated carbocycles. The lowest BCUT2D eigenvalue weighted by Crippen LogP contribution is -2.27. The number of hydrogen-bond donors (Lipinski definition) is 3. The highest BCUT2D eigenvalue weighted by atomic mass is 35.5. The summed E-state index contributed by atoms with van der Waals surface area (Å²) in [7, 11) is 0. The lowest BCUT2D eigenvalue weighted by molar-refractivity contribution is -0.117. The third-order valence-corrected chi connectivity index (χ3v) is 3.51. The van der Waals surface area contributed by atoms with Gasteiger partial charge in [0.1, 0.15) is 6.04 Å². The molecular weight excluding hydrogens is 264 g/mol. The van der Waals surface area contributed by atoms with E-state index in [9.17, 15) is 4.79 Å². The van der Waals surface area contributed by atoms with Crippen LogP contribution >= 0.6 is 11.6 Å². The van der Waals surface area contributed by atoms with Crippen molar-refractivity contribution in [3.05, 3.63) is 46.2 Å². The van der Waals surface area contributed by atoms with Gasteiger partial charge in [-0.05, 0) is 25.1 Å². The first kappa shape index (κ1) is 12.2. The second kappa shape index (κ2) is 4.68. The maximum Gasteiger partial charge on any atom is 0.246 e. The van der Waals surface area contributed by atoms with Crippen molar-refractivity contribution in [1.82, 2.24) is 15.5 Å². The predicted octanol–water partition coefficient (Wildman–Crippen LogP) is 2.15. The molecule has 2 heterocycles. The topological polar surface area (TPSA) is 69.8 Å². The summed E-state index contributed by atoms with van der Waals surface area (Å²) in [6, 6.07) is 5.03. The van der Waals surface area contributed by atoms with E-state index in [4.69, 9.17) is 11.6 Å². The minimum atomic E-state index is -0.372. The molecule has 0 saturated heterocycles. The molecule has 1 aromatic carbocycles. The summed E-state index contributed by atoms with van der Waals surface area (Å²) < 4.78 is 0. The van der Waals surface area contributed by atoms with Crippen LogP contribution in [0, 0.1) is 6.92 Å². The highest BCUT2D eigenvalue weighted by Gasteiger charge is 2.30. The number of fused-ring (bicyclic) bond motifs is 1. The van der Waals surface area contributed by atoms with E-state index in [0.717, 1.165) is 22.5 Å². The van der Waals surface area contributed by atoms with E-state index in [1.165, 1.54) is 0 Å². The lowest BCUT2D eigenvalue weighted by Gasteiger charge is -2.11. The number of benzene rings is 1. The van der Waals surface area contributed by atoms with Crippen LogP contribution in [0.4, 0.5) is 5.69 Å². The Bertz CT molecular complexity index is 637. The van der Waals surface area contributed by atoms with Crippen LogP contribution in [-0.2, 0) is 11.3 Å². The Hall–Kier alpha value is -1.85. The molecule has 1 aliphatic heterocycles. The SMILES string of the molecule is Cc1[nH]ncc1CNC1C(=O)Nc2ccc(Cl)cc21. The molecule has 0 radical (unpaired) electrons. The molecule has 5 nitrogen and oxygen atoms in total. The second-order valence-corrected chi connectivity index (χ2v) is 4.99. The fourth-order valence-electron chi connectivity index (χ4n) is 2.20. The Labute approximate surface area is 115 Å². The Morgan fingerprint density at radius 2 is 2.32 bits per heavy atom. The van der Waals surface area contributed by atoms with Crippen molar-refractivity contribution in [2.45, 2.75) is 19.5 Å². The number of rotatable bonds is 3. The highest BCUT2D eigenvalue weighted by Crippen LogP contribution is 2.33. The molecule has 3 rings (SSSR count). The van der Waals surface area contributed by atoms with E-state index in [1.807, 2.05) is 19.1 Å². The molecule has 2 aromatic rings. The number of hydrogen-bond acceptors (Lipinski definition) is 3. The summed E-state index contributed by atoms with van der Waals surface area (Å²) >= 11 is 5.98. The fourth-order valence-corrected chi connectivity index (χ4v) is 2.38. The van der Waals surface area contributed by atoms with Gasteiger partial charge in [-0.2, -0.15) is 5.10 Å². The van der Waals surface area contributed by atoms with Gasteiger partial charge in [-0.15, -0.1) is 0 Å². The van der Waals surface area contributed by atoms with Crippen molar-refractivity contribution < 1.29 is 4.79 Å². The number of aryl methyl sites for hydroxylation is 1. The van der Waals surface area contributed by atoms with Crippen LogP contribution in [-0.4, -0.2) is 16.1 Å². The molecule has 0 bridgehead atoms. The number of carbonyl (C=O) groups excluding carboxylic acids is 1. The van der Waals surface area contributed by atoms with Gasteiger partial charge < -0.3 is 5.32 Å². The summed E-state index contributed by atoms with van der Waals surface area (Å²) in [5, 5.41) is 13.5. The zero-order valence-electron chi connectivity index (χ0n) is 10.3. The van der Waals surface area contributed by atoms with E-state index in [-0.39, 0.29) is 11.9 Å². The van der Waals surface area contributed by atoms with Gasteiger partial charge in [-0.3, -0.25) is 15.2 Å². The summed E-state index contributed by atoms with van der Waals surface area (Å²) in [5.41, 5.74) is 3.75. The van der Waals surface area contributed by atoms with E-state index in [0.29, 0.717) is 11.6 Å². The molecule has 3 N–H and O–H groups in total. The van der Waals surface area contributed by atoms with Gasteiger partial charge in [0.05, 0.1) is 6.20 Å². The quantitative estimate of drug-likeness (QED) is 0.804. The third kappa shape index (κ3) is 2.22. The van der Waals surface area contributed by atoms with Crippen LogP contribution in [0.3, 0.4) is 0 Å². The van der Waals surface area contributed by atoms with E-state index >= 15 is 0 Å². The maximum atomic E-state index is 11.9. The molecule has 1 aliphatic rings. The Morgan fingerprint density at radius 1 is 1.47 bits per heavy atom. The average molecular weight is 277 g/mol. The number of H-pyrrole nitrogens is 1. The standard InChI is InChI=1S/C13H13ClN4O/c1-7-8(6-16-18-7)5-15-12-10-4-9(14)2-3-11(10)17-13(12)19/h2-4,6,12,15H,5H2,1H3,(H,16,18)(H,17,19). The van der Waals surface area contributed by atoms with Gasteiger partial charge >= 0.3 is 0 Å². The Kier molecular flexibility index (Phi) is 3.00. The Balaban J connectivity index is 1.81. The van der Waals surface area contributed by atoms with E-state index in [1.54, 1.807) is 12.3 Å². The summed E-state index contributed by atoms with van der Waals surface area (Å²) in [6.45, 7) is 2.52. The van der Waals surface area contributed by atoms with Crippen molar-refractivity contribution >= 4 is 23.2 Å². The summed E-state index contributed by atoms with van der Waals surface area (Å²) in [4.78, 5) is 11.9. The average Bonchev–Trinajstić information content (AvgIpc) is 2.90. The lowest BCUT2D eigenvalue weighted by atomic mass is 10.1. The van der Waals surface area contributed by atoms with Crippen LogP contribution in [0.5, 0.6) is 0 Å². The number of aromatic nitrogens is 2. The minimum absolute atomic E-state index is 0.0570. The van der Waals surface area contributed by atoms with Crippen LogP contribution < -0.4 is 10.6 Å². The highest BCUT2D eigenvalue weighted by molar-refractivity contribution is 6.31. The van der Waals surface area contributed by atoms with Crippen LogP contribution in [0.15, 0.2) is 24.4 Å². The molecule has 1 unspecified atom stereocenters. The molecule has 0 fully saturated rings.